The zero-order valence-electron chi connectivity index (χ0n) is 9.66. The van der Waals surface area contributed by atoms with Crippen molar-refractivity contribution in [2.45, 2.75) is 6.92 Å². The van der Waals surface area contributed by atoms with Crippen molar-refractivity contribution in [3.05, 3.63) is 17.7 Å². The summed E-state index contributed by atoms with van der Waals surface area (Å²) in [5.74, 6) is 0.970. The summed E-state index contributed by atoms with van der Waals surface area (Å²) in [6, 6.07) is 3.59. The molecule has 1 aromatic rings. The number of carbonyl (C=O) groups is 1. The molecule has 0 atom stereocenters. The first-order valence-corrected chi connectivity index (χ1v) is 4.84. The molecule has 0 bridgehead atoms. The van der Waals surface area contributed by atoms with Crippen LogP contribution in [0.5, 0.6) is 11.5 Å². The Morgan fingerprint density at radius 1 is 1.38 bits per heavy atom. The van der Waals surface area contributed by atoms with Gasteiger partial charge in [-0.3, -0.25) is 4.79 Å². The highest BCUT2D eigenvalue weighted by molar-refractivity contribution is 5.80. The van der Waals surface area contributed by atoms with Crippen molar-refractivity contribution in [3.63, 3.8) is 0 Å². The maximum atomic E-state index is 10.7. The van der Waals surface area contributed by atoms with Gasteiger partial charge in [0.1, 0.15) is 11.5 Å². The van der Waals surface area contributed by atoms with Crippen molar-refractivity contribution < 1.29 is 14.3 Å². The highest BCUT2D eigenvalue weighted by Crippen LogP contribution is 2.34. The van der Waals surface area contributed by atoms with Gasteiger partial charge in [-0.2, -0.15) is 0 Å². The summed E-state index contributed by atoms with van der Waals surface area (Å²) in [7, 11) is 3.16. The van der Waals surface area contributed by atoms with E-state index in [2.05, 4.69) is 5.32 Å². The molecule has 88 valence electrons. The van der Waals surface area contributed by atoms with E-state index in [1.807, 2.05) is 6.92 Å². The molecule has 0 aliphatic carbocycles. The van der Waals surface area contributed by atoms with Gasteiger partial charge >= 0.3 is 0 Å². The van der Waals surface area contributed by atoms with E-state index in [4.69, 9.17) is 15.2 Å². The maximum Gasteiger partial charge on any atom is 0.236 e. The molecule has 1 amide bonds. The van der Waals surface area contributed by atoms with Gasteiger partial charge in [0.05, 0.1) is 26.5 Å². The Balaban J connectivity index is 3.01. The van der Waals surface area contributed by atoms with Gasteiger partial charge < -0.3 is 20.5 Å². The number of rotatable bonds is 5. The van der Waals surface area contributed by atoms with Crippen molar-refractivity contribution in [1.82, 2.24) is 0 Å². The summed E-state index contributed by atoms with van der Waals surface area (Å²) in [6.07, 6.45) is 0. The number of ether oxygens (including phenoxy) is 2. The number of benzene rings is 1. The standard InChI is InChI=1S/C11H16N2O3/c1-7-9(15-2)5-4-8(11(7)16-3)13-6-10(12)14/h4-5,13H,6H2,1-3H3,(H2,12,14). The molecule has 1 rings (SSSR count). The third-order valence-corrected chi connectivity index (χ3v) is 2.23. The van der Waals surface area contributed by atoms with Crippen LogP contribution in [0.25, 0.3) is 0 Å². The van der Waals surface area contributed by atoms with Gasteiger partial charge in [0, 0.05) is 5.56 Å². The number of nitrogens with one attached hydrogen (secondary N) is 1. The predicted molar refractivity (Wildman–Crippen MR) is 62.0 cm³/mol. The molecular weight excluding hydrogens is 208 g/mol. The van der Waals surface area contributed by atoms with Gasteiger partial charge in [0.25, 0.3) is 0 Å². The fourth-order valence-electron chi connectivity index (χ4n) is 1.48. The van der Waals surface area contributed by atoms with E-state index in [0.29, 0.717) is 5.75 Å². The third-order valence-electron chi connectivity index (χ3n) is 2.23. The Labute approximate surface area is 94.5 Å². The molecular formula is C11H16N2O3. The van der Waals surface area contributed by atoms with Crippen LogP contribution in [-0.2, 0) is 4.79 Å². The Kier molecular flexibility index (Phi) is 3.99. The van der Waals surface area contributed by atoms with Crippen LogP contribution in [0.4, 0.5) is 5.69 Å². The Morgan fingerprint density at radius 2 is 2.06 bits per heavy atom. The Morgan fingerprint density at radius 3 is 2.56 bits per heavy atom. The summed E-state index contributed by atoms with van der Waals surface area (Å²) in [6.45, 7) is 1.95. The summed E-state index contributed by atoms with van der Waals surface area (Å²) in [5.41, 5.74) is 6.66. The molecule has 16 heavy (non-hydrogen) atoms. The quantitative estimate of drug-likeness (QED) is 0.779. The molecule has 1 aromatic carbocycles. The molecule has 0 aliphatic heterocycles. The summed E-state index contributed by atoms with van der Waals surface area (Å²) >= 11 is 0. The lowest BCUT2D eigenvalue weighted by Crippen LogP contribution is -2.22. The molecule has 0 aromatic heterocycles. The van der Waals surface area contributed by atoms with Crippen LogP contribution in [-0.4, -0.2) is 26.7 Å². The number of hydrogen-bond acceptors (Lipinski definition) is 4. The molecule has 0 spiro atoms. The summed E-state index contributed by atoms with van der Waals surface area (Å²) in [5, 5.41) is 2.90. The number of nitrogens with two attached hydrogens (primary N) is 1. The van der Waals surface area contributed by atoms with Gasteiger partial charge in [-0.25, -0.2) is 0 Å². The van der Waals surface area contributed by atoms with Crippen LogP contribution in [0.3, 0.4) is 0 Å². The van der Waals surface area contributed by atoms with Gasteiger partial charge in [-0.1, -0.05) is 0 Å². The van der Waals surface area contributed by atoms with E-state index < -0.39 is 5.91 Å². The van der Waals surface area contributed by atoms with Crippen molar-refractivity contribution in [2.24, 2.45) is 5.73 Å². The minimum atomic E-state index is -0.421. The average Bonchev–Trinajstić information content (AvgIpc) is 2.26. The number of hydrogen-bond donors (Lipinski definition) is 2. The van der Waals surface area contributed by atoms with Crippen LogP contribution in [0.1, 0.15) is 5.56 Å². The molecule has 5 heteroatoms. The zero-order chi connectivity index (χ0) is 12.1. The van der Waals surface area contributed by atoms with Crippen molar-refractivity contribution >= 4 is 11.6 Å². The van der Waals surface area contributed by atoms with E-state index >= 15 is 0 Å². The van der Waals surface area contributed by atoms with E-state index in [0.717, 1.165) is 17.0 Å². The first-order valence-electron chi connectivity index (χ1n) is 4.84. The fourth-order valence-corrected chi connectivity index (χ4v) is 1.48. The molecule has 0 saturated carbocycles. The first kappa shape index (κ1) is 12.2. The number of primary amides is 1. The smallest absolute Gasteiger partial charge is 0.236 e. The Bertz CT molecular complexity index is 391. The summed E-state index contributed by atoms with van der Waals surface area (Å²) in [4.78, 5) is 10.7. The van der Waals surface area contributed by atoms with Crippen LogP contribution < -0.4 is 20.5 Å². The van der Waals surface area contributed by atoms with Crippen molar-refractivity contribution in [2.75, 3.05) is 26.1 Å². The lowest BCUT2D eigenvalue weighted by Gasteiger charge is -2.14. The monoisotopic (exact) mass is 224 g/mol. The third kappa shape index (κ3) is 2.56. The van der Waals surface area contributed by atoms with Crippen LogP contribution in [0.15, 0.2) is 12.1 Å². The molecule has 3 N–H and O–H groups in total. The van der Waals surface area contributed by atoms with Gasteiger partial charge in [0.15, 0.2) is 0 Å². The van der Waals surface area contributed by atoms with Gasteiger partial charge in [-0.15, -0.1) is 0 Å². The predicted octanol–water partition coefficient (Wildman–Crippen LogP) is 0.909. The molecule has 0 saturated heterocycles. The Hall–Kier alpha value is -1.91. The molecule has 0 unspecified atom stereocenters. The number of carbonyl (C=O) groups excluding carboxylic acids is 1. The van der Waals surface area contributed by atoms with Gasteiger partial charge in [0.2, 0.25) is 5.91 Å². The van der Waals surface area contributed by atoms with Crippen LogP contribution in [0, 0.1) is 6.92 Å². The first-order chi connectivity index (χ1) is 7.60. The maximum absolute atomic E-state index is 10.7. The normalized spacial score (nSPS) is 9.69. The van der Waals surface area contributed by atoms with E-state index in [9.17, 15) is 4.79 Å². The minimum absolute atomic E-state index is 0.0716. The molecule has 0 fully saturated rings. The topological polar surface area (TPSA) is 73.6 Å². The second kappa shape index (κ2) is 5.25. The zero-order valence-corrected chi connectivity index (χ0v) is 9.66. The van der Waals surface area contributed by atoms with E-state index in [1.54, 1.807) is 26.4 Å². The second-order valence-electron chi connectivity index (χ2n) is 3.29. The van der Waals surface area contributed by atoms with E-state index in [1.165, 1.54) is 0 Å². The lowest BCUT2D eigenvalue weighted by atomic mass is 10.1. The van der Waals surface area contributed by atoms with Crippen LogP contribution >= 0.6 is 0 Å². The summed E-state index contributed by atoms with van der Waals surface area (Å²) < 4.78 is 10.4. The SMILES string of the molecule is COc1ccc(NCC(N)=O)c(OC)c1C. The van der Waals surface area contributed by atoms with Crippen molar-refractivity contribution in [3.8, 4) is 11.5 Å². The second-order valence-corrected chi connectivity index (χ2v) is 3.29. The molecule has 5 nitrogen and oxygen atoms in total. The minimum Gasteiger partial charge on any atom is -0.496 e. The average molecular weight is 224 g/mol. The van der Waals surface area contributed by atoms with Crippen molar-refractivity contribution in [1.29, 1.82) is 0 Å². The number of methoxy groups -OCH3 is 2. The molecule has 0 aliphatic rings. The van der Waals surface area contributed by atoms with E-state index in [-0.39, 0.29) is 6.54 Å². The largest absolute Gasteiger partial charge is 0.496 e. The molecule has 0 heterocycles. The fraction of sp³-hybridized carbons (Fsp3) is 0.364. The van der Waals surface area contributed by atoms with Crippen LogP contribution in [0.2, 0.25) is 0 Å². The lowest BCUT2D eigenvalue weighted by molar-refractivity contribution is -0.116. The van der Waals surface area contributed by atoms with Gasteiger partial charge in [-0.05, 0) is 19.1 Å². The number of anilines is 1. The molecule has 0 radical (unpaired) electrons. The highest BCUT2D eigenvalue weighted by Gasteiger charge is 2.11. The number of amides is 1. The highest BCUT2D eigenvalue weighted by atomic mass is 16.5.